The van der Waals surface area contributed by atoms with E-state index in [1.807, 2.05) is 35.7 Å². The number of likely N-dealkylation sites (tertiary alicyclic amines) is 1. The van der Waals surface area contributed by atoms with Crippen molar-refractivity contribution in [2.24, 2.45) is 11.8 Å². The lowest BCUT2D eigenvalue weighted by molar-refractivity contribution is 0.0932. The van der Waals surface area contributed by atoms with E-state index in [4.69, 9.17) is 0 Å². The van der Waals surface area contributed by atoms with Gasteiger partial charge < -0.3 is 14.8 Å². The number of benzene rings is 1. The summed E-state index contributed by atoms with van der Waals surface area (Å²) in [7, 11) is 3.94. The third-order valence-corrected chi connectivity index (χ3v) is 5.74. The first-order valence-corrected chi connectivity index (χ1v) is 9.82. The van der Waals surface area contributed by atoms with Gasteiger partial charge in [-0.05, 0) is 32.0 Å². The first-order chi connectivity index (χ1) is 13.5. The van der Waals surface area contributed by atoms with E-state index in [2.05, 4.69) is 20.4 Å². The highest BCUT2D eigenvalue weighted by Crippen LogP contribution is 2.33. The minimum absolute atomic E-state index is 0.147. The van der Waals surface area contributed by atoms with E-state index < -0.39 is 0 Å². The van der Waals surface area contributed by atoms with Crippen LogP contribution in [-0.4, -0.2) is 70.7 Å². The van der Waals surface area contributed by atoms with Gasteiger partial charge in [0.15, 0.2) is 0 Å². The number of carbonyl (C=O) groups excluding carboxylic acids is 1. The van der Waals surface area contributed by atoms with Crippen LogP contribution in [0.5, 0.6) is 0 Å². The molecule has 0 spiro atoms. The Morgan fingerprint density at radius 1 is 1.21 bits per heavy atom. The van der Waals surface area contributed by atoms with Crippen molar-refractivity contribution in [1.29, 1.82) is 0 Å². The van der Waals surface area contributed by atoms with Gasteiger partial charge in [0, 0.05) is 51.3 Å². The number of carbonyl (C=O) groups is 1. The summed E-state index contributed by atoms with van der Waals surface area (Å²) in [4.78, 5) is 16.8. The van der Waals surface area contributed by atoms with Gasteiger partial charge >= 0.3 is 0 Å². The molecular weight excluding hydrogens is 359 g/mol. The van der Waals surface area contributed by atoms with Crippen molar-refractivity contribution >= 4 is 5.91 Å². The second kappa shape index (κ2) is 7.97. The normalized spacial score (nSPS) is 21.6. The SMILES string of the molecule is CN(C)CCNC(=O)c1nnc2n1C[C@@H]1CN(Cc3ccccc3F)C[C@@H]1C2. The second-order valence-corrected chi connectivity index (χ2v) is 8.12. The number of halogens is 1. The minimum Gasteiger partial charge on any atom is -0.348 e. The molecule has 0 radical (unpaired) electrons. The molecule has 8 heteroatoms. The average Bonchev–Trinajstić information content (AvgIpc) is 3.23. The molecule has 1 amide bonds. The van der Waals surface area contributed by atoms with Crippen molar-refractivity contribution in [3.63, 3.8) is 0 Å². The maximum atomic E-state index is 14.0. The first-order valence-electron chi connectivity index (χ1n) is 9.82. The summed E-state index contributed by atoms with van der Waals surface area (Å²) in [6.45, 7) is 4.56. The van der Waals surface area contributed by atoms with Crippen LogP contribution in [0.25, 0.3) is 0 Å². The molecule has 1 N–H and O–H groups in total. The molecule has 7 nitrogen and oxygen atoms in total. The fourth-order valence-corrected chi connectivity index (χ4v) is 4.26. The number of likely N-dealkylation sites (N-methyl/N-ethyl adjacent to an activating group) is 1. The predicted molar refractivity (Wildman–Crippen MR) is 103 cm³/mol. The van der Waals surface area contributed by atoms with E-state index in [1.165, 1.54) is 6.07 Å². The molecule has 2 aromatic rings. The number of nitrogens with zero attached hydrogens (tertiary/aromatic N) is 5. The summed E-state index contributed by atoms with van der Waals surface area (Å²) >= 11 is 0. The quantitative estimate of drug-likeness (QED) is 0.803. The molecular formula is C20H27FN6O. The Labute approximate surface area is 164 Å². The third kappa shape index (κ3) is 3.93. The Morgan fingerprint density at radius 3 is 2.79 bits per heavy atom. The van der Waals surface area contributed by atoms with Crippen LogP contribution in [0.2, 0.25) is 0 Å². The topological polar surface area (TPSA) is 66.3 Å². The molecule has 0 bridgehead atoms. The van der Waals surface area contributed by atoms with Crippen LogP contribution in [0, 0.1) is 17.7 Å². The molecule has 1 saturated heterocycles. The van der Waals surface area contributed by atoms with E-state index >= 15 is 0 Å². The van der Waals surface area contributed by atoms with Crippen LogP contribution < -0.4 is 5.32 Å². The smallest absolute Gasteiger partial charge is 0.289 e. The summed E-state index contributed by atoms with van der Waals surface area (Å²) in [5.41, 5.74) is 0.738. The Morgan fingerprint density at radius 2 is 2.00 bits per heavy atom. The fourth-order valence-electron chi connectivity index (χ4n) is 4.26. The van der Waals surface area contributed by atoms with Crippen molar-refractivity contribution in [3.8, 4) is 0 Å². The summed E-state index contributed by atoms with van der Waals surface area (Å²) in [5, 5.41) is 11.3. The molecule has 0 aliphatic carbocycles. The molecule has 2 aliphatic rings. The Hall–Kier alpha value is -2.32. The van der Waals surface area contributed by atoms with Gasteiger partial charge in [-0.1, -0.05) is 18.2 Å². The molecule has 2 aliphatic heterocycles. The lowest BCUT2D eigenvalue weighted by Gasteiger charge is -2.25. The number of hydrogen-bond acceptors (Lipinski definition) is 5. The van der Waals surface area contributed by atoms with Gasteiger partial charge in [0.05, 0.1) is 0 Å². The lowest BCUT2D eigenvalue weighted by atomic mass is 9.89. The van der Waals surface area contributed by atoms with E-state index in [0.29, 0.717) is 30.7 Å². The lowest BCUT2D eigenvalue weighted by Crippen LogP contribution is -2.35. The van der Waals surface area contributed by atoms with E-state index in [0.717, 1.165) is 44.0 Å². The van der Waals surface area contributed by atoms with E-state index in [-0.39, 0.29) is 11.7 Å². The molecule has 2 atom stereocenters. The summed E-state index contributed by atoms with van der Waals surface area (Å²) < 4.78 is 15.9. The van der Waals surface area contributed by atoms with Crippen LogP contribution in [-0.2, 0) is 19.5 Å². The molecule has 0 saturated carbocycles. The molecule has 0 unspecified atom stereocenters. The number of nitrogens with one attached hydrogen (secondary N) is 1. The molecule has 150 valence electrons. The van der Waals surface area contributed by atoms with Crippen LogP contribution in [0.15, 0.2) is 24.3 Å². The summed E-state index contributed by atoms with van der Waals surface area (Å²) in [6.07, 6.45) is 0.816. The largest absolute Gasteiger partial charge is 0.348 e. The van der Waals surface area contributed by atoms with Crippen molar-refractivity contribution in [1.82, 2.24) is 29.9 Å². The molecule has 4 rings (SSSR count). The van der Waals surface area contributed by atoms with Crippen molar-refractivity contribution in [2.45, 2.75) is 19.5 Å². The monoisotopic (exact) mass is 386 g/mol. The van der Waals surface area contributed by atoms with Gasteiger partial charge in [-0.15, -0.1) is 10.2 Å². The Balaban J connectivity index is 1.40. The molecule has 28 heavy (non-hydrogen) atoms. The number of hydrogen-bond donors (Lipinski definition) is 1. The van der Waals surface area contributed by atoms with Gasteiger partial charge in [-0.3, -0.25) is 9.69 Å². The number of amides is 1. The first kappa shape index (κ1) is 19.0. The standard InChI is InChI=1S/C20H27FN6O/c1-25(2)8-7-22-20(28)19-24-23-18-9-15-11-26(12-16(15)13-27(18)19)10-14-5-3-4-6-17(14)21/h3-6,15-16H,7-13H2,1-2H3,(H,22,28)/t15-,16-/m0/s1. The van der Waals surface area contributed by atoms with Crippen molar-refractivity contribution in [2.75, 3.05) is 40.3 Å². The predicted octanol–water partition coefficient (Wildman–Crippen LogP) is 1.01. The van der Waals surface area contributed by atoms with Gasteiger partial charge in [-0.2, -0.15) is 0 Å². The summed E-state index contributed by atoms with van der Waals surface area (Å²) in [5.74, 6) is 1.88. The van der Waals surface area contributed by atoms with Crippen LogP contribution in [0.1, 0.15) is 22.0 Å². The van der Waals surface area contributed by atoms with E-state index in [1.54, 1.807) is 6.07 Å². The van der Waals surface area contributed by atoms with Crippen molar-refractivity contribution in [3.05, 3.63) is 47.3 Å². The van der Waals surface area contributed by atoms with Crippen LogP contribution in [0.3, 0.4) is 0 Å². The zero-order valence-electron chi connectivity index (χ0n) is 16.4. The Bertz CT molecular complexity index is 851. The van der Waals surface area contributed by atoms with Gasteiger partial charge in [0.25, 0.3) is 5.91 Å². The molecule has 3 heterocycles. The van der Waals surface area contributed by atoms with Crippen molar-refractivity contribution < 1.29 is 9.18 Å². The number of rotatable bonds is 6. The van der Waals surface area contributed by atoms with Crippen LogP contribution in [0.4, 0.5) is 4.39 Å². The Kier molecular flexibility index (Phi) is 5.41. The number of fused-ring (bicyclic) bond motifs is 2. The summed E-state index contributed by atoms with van der Waals surface area (Å²) in [6, 6.07) is 6.97. The van der Waals surface area contributed by atoms with Gasteiger partial charge in [0.1, 0.15) is 11.6 Å². The van der Waals surface area contributed by atoms with Gasteiger partial charge in [0.2, 0.25) is 5.82 Å². The zero-order valence-corrected chi connectivity index (χ0v) is 16.4. The number of aromatic nitrogens is 3. The zero-order chi connectivity index (χ0) is 19.7. The molecule has 1 aromatic heterocycles. The highest BCUT2D eigenvalue weighted by atomic mass is 19.1. The molecule has 1 fully saturated rings. The van der Waals surface area contributed by atoms with Crippen LogP contribution >= 0.6 is 0 Å². The average molecular weight is 386 g/mol. The minimum atomic E-state index is -0.166. The fraction of sp³-hybridized carbons (Fsp3) is 0.550. The highest BCUT2D eigenvalue weighted by molar-refractivity contribution is 5.90. The third-order valence-electron chi connectivity index (χ3n) is 5.74. The molecule has 1 aromatic carbocycles. The van der Waals surface area contributed by atoms with Gasteiger partial charge in [-0.25, -0.2) is 4.39 Å². The maximum Gasteiger partial charge on any atom is 0.289 e. The highest BCUT2D eigenvalue weighted by Gasteiger charge is 2.39. The maximum absolute atomic E-state index is 14.0. The second-order valence-electron chi connectivity index (χ2n) is 8.12. The van der Waals surface area contributed by atoms with E-state index in [9.17, 15) is 9.18 Å².